The van der Waals surface area contributed by atoms with Gasteiger partial charge in [0.1, 0.15) is 5.69 Å². The topological polar surface area (TPSA) is 33.2 Å². The van der Waals surface area contributed by atoms with Gasteiger partial charge in [0.15, 0.2) is 0 Å². The molecule has 1 aromatic carbocycles. The lowest BCUT2D eigenvalue weighted by Gasteiger charge is -2.17. The van der Waals surface area contributed by atoms with Crippen molar-refractivity contribution in [2.24, 2.45) is 0 Å². The minimum absolute atomic E-state index is 0.0737. The van der Waals surface area contributed by atoms with Crippen molar-refractivity contribution in [3.63, 3.8) is 0 Å². The molecule has 0 radical (unpaired) electrons. The summed E-state index contributed by atoms with van der Waals surface area (Å²) in [6, 6.07) is 11.9. The number of nitrogens with zero attached hydrogens (tertiary/aromatic N) is 2. The van der Waals surface area contributed by atoms with Crippen molar-refractivity contribution in [3.05, 3.63) is 63.9 Å². The summed E-state index contributed by atoms with van der Waals surface area (Å²) < 4.78 is 0.867. The van der Waals surface area contributed by atoms with Crippen molar-refractivity contribution in [3.8, 4) is 0 Å². The molecule has 0 fully saturated rings. The Labute approximate surface area is 134 Å². The fraction of sp³-hybridized carbons (Fsp3) is 0.294. The third kappa shape index (κ3) is 4.14. The Kier molecular flexibility index (Phi) is 5.12. The monoisotopic (exact) mass is 346 g/mol. The standard InChI is InChI=1S/C17H19BrN2O/c1-12(2)14-6-4-13(5-7-14)11-20(3)17(21)16-9-8-15(18)10-19-16/h4-10,12H,11H2,1-3H3. The molecule has 0 unspecified atom stereocenters. The van der Waals surface area contributed by atoms with Crippen molar-refractivity contribution in [2.75, 3.05) is 7.05 Å². The van der Waals surface area contributed by atoms with Crippen LogP contribution in [0, 0.1) is 0 Å². The van der Waals surface area contributed by atoms with Crippen LogP contribution in [0.1, 0.15) is 41.4 Å². The molecule has 2 rings (SSSR count). The number of carbonyl (C=O) groups excluding carboxylic acids is 1. The number of pyridine rings is 1. The molecule has 1 heterocycles. The van der Waals surface area contributed by atoms with Gasteiger partial charge in [-0.3, -0.25) is 4.79 Å². The molecule has 2 aromatic rings. The van der Waals surface area contributed by atoms with E-state index in [4.69, 9.17) is 0 Å². The quantitative estimate of drug-likeness (QED) is 0.829. The second-order valence-electron chi connectivity index (χ2n) is 5.42. The lowest BCUT2D eigenvalue weighted by atomic mass is 10.0. The molecule has 0 saturated carbocycles. The minimum Gasteiger partial charge on any atom is -0.336 e. The number of rotatable bonds is 4. The van der Waals surface area contributed by atoms with E-state index in [1.807, 2.05) is 6.07 Å². The Morgan fingerprint density at radius 2 is 1.86 bits per heavy atom. The predicted octanol–water partition coefficient (Wildman–Crippen LogP) is 4.24. The number of hydrogen-bond donors (Lipinski definition) is 0. The fourth-order valence-electron chi connectivity index (χ4n) is 2.05. The van der Waals surface area contributed by atoms with Crippen LogP contribution in [0.25, 0.3) is 0 Å². The van der Waals surface area contributed by atoms with Crippen LogP contribution in [0.15, 0.2) is 47.1 Å². The number of aromatic nitrogens is 1. The Hall–Kier alpha value is -1.68. The van der Waals surface area contributed by atoms with Crippen molar-refractivity contribution in [2.45, 2.75) is 26.3 Å². The van der Waals surface area contributed by atoms with E-state index >= 15 is 0 Å². The second-order valence-corrected chi connectivity index (χ2v) is 6.33. The van der Waals surface area contributed by atoms with Crippen LogP contribution < -0.4 is 0 Å². The molecule has 0 aliphatic carbocycles. The minimum atomic E-state index is -0.0737. The molecule has 1 aromatic heterocycles. The van der Waals surface area contributed by atoms with Gasteiger partial charge in [0.25, 0.3) is 5.91 Å². The Morgan fingerprint density at radius 3 is 2.38 bits per heavy atom. The number of halogens is 1. The van der Waals surface area contributed by atoms with Gasteiger partial charge in [-0.25, -0.2) is 4.98 Å². The van der Waals surface area contributed by atoms with Crippen LogP contribution in [0.5, 0.6) is 0 Å². The molecule has 0 aliphatic rings. The molecule has 0 bridgehead atoms. The summed E-state index contributed by atoms with van der Waals surface area (Å²) in [7, 11) is 1.79. The first-order valence-electron chi connectivity index (χ1n) is 6.93. The van der Waals surface area contributed by atoms with Crippen molar-refractivity contribution < 1.29 is 4.79 Å². The van der Waals surface area contributed by atoms with Gasteiger partial charge >= 0.3 is 0 Å². The molecule has 110 valence electrons. The maximum absolute atomic E-state index is 12.3. The fourth-order valence-corrected chi connectivity index (χ4v) is 2.29. The van der Waals surface area contributed by atoms with Gasteiger partial charge in [-0.1, -0.05) is 38.1 Å². The van der Waals surface area contributed by atoms with E-state index in [0.29, 0.717) is 18.2 Å². The van der Waals surface area contributed by atoms with E-state index < -0.39 is 0 Å². The van der Waals surface area contributed by atoms with Gasteiger partial charge in [0.2, 0.25) is 0 Å². The third-order valence-electron chi connectivity index (χ3n) is 3.36. The van der Waals surface area contributed by atoms with Crippen molar-refractivity contribution in [1.29, 1.82) is 0 Å². The molecule has 4 heteroatoms. The van der Waals surface area contributed by atoms with E-state index in [9.17, 15) is 4.79 Å². The molecule has 3 nitrogen and oxygen atoms in total. The van der Waals surface area contributed by atoms with Gasteiger partial charge in [0.05, 0.1) is 0 Å². The molecule has 0 saturated heterocycles. The van der Waals surface area contributed by atoms with E-state index in [2.05, 4.69) is 59.0 Å². The summed E-state index contributed by atoms with van der Waals surface area (Å²) in [6.07, 6.45) is 1.64. The summed E-state index contributed by atoms with van der Waals surface area (Å²) in [4.78, 5) is 18.1. The van der Waals surface area contributed by atoms with Gasteiger partial charge in [-0.05, 0) is 45.1 Å². The Balaban J connectivity index is 2.05. The smallest absolute Gasteiger partial charge is 0.272 e. The summed E-state index contributed by atoms with van der Waals surface area (Å²) in [5.74, 6) is 0.445. The van der Waals surface area contributed by atoms with Crippen LogP contribution in [-0.4, -0.2) is 22.8 Å². The zero-order valence-electron chi connectivity index (χ0n) is 12.5. The molecule has 21 heavy (non-hydrogen) atoms. The number of hydrogen-bond acceptors (Lipinski definition) is 2. The van der Waals surface area contributed by atoms with Crippen LogP contribution in [-0.2, 0) is 6.54 Å². The first-order valence-corrected chi connectivity index (χ1v) is 7.72. The van der Waals surface area contributed by atoms with Crippen molar-refractivity contribution >= 4 is 21.8 Å². The maximum atomic E-state index is 12.3. The Bertz CT molecular complexity index is 606. The lowest BCUT2D eigenvalue weighted by molar-refractivity contribution is 0.0779. The van der Waals surface area contributed by atoms with Crippen LogP contribution in [0.3, 0.4) is 0 Å². The van der Waals surface area contributed by atoms with Crippen LogP contribution in [0.4, 0.5) is 0 Å². The first kappa shape index (κ1) is 15.7. The maximum Gasteiger partial charge on any atom is 0.272 e. The molecule has 0 N–H and O–H groups in total. The SMILES string of the molecule is CC(C)c1ccc(CN(C)C(=O)c2ccc(Br)cn2)cc1. The third-order valence-corrected chi connectivity index (χ3v) is 3.83. The van der Waals surface area contributed by atoms with E-state index in [1.54, 1.807) is 24.2 Å². The zero-order chi connectivity index (χ0) is 15.4. The van der Waals surface area contributed by atoms with Crippen LogP contribution >= 0.6 is 15.9 Å². The predicted molar refractivity (Wildman–Crippen MR) is 88.3 cm³/mol. The number of amides is 1. The highest BCUT2D eigenvalue weighted by Gasteiger charge is 2.13. The highest BCUT2D eigenvalue weighted by atomic mass is 79.9. The zero-order valence-corrected chi connectivity index (χ0v) is 14.1. The van der Waals surface area contributed by atoms with Gasteiger partial charge in [-0.2, -0.15) is 0 Å². The summed E-state index contributed by atoms with van der Waals surface area (Å²) in [5.41, 5.74) is 2.88. The first-order chi connectivity index (χ1) is 9.97. The average Bonchev–Trinajstić information content (AvgIpc) is 2.47. The number of carbonyl (C=O) groups is 1. The molecule has 0 aliphatic heterocycles. The van der Waals surface area contributed by atoms with E-state index in [0.717, 1.165) is 10.0 Å². The normalized spacial score (nSPS) is 10.7. The highest BCUT2D eigenvalue weighted by molar-refractivity contribution is 9.10. The van der Waals surface area contributed by atoms with E-state index in [1.165, 1.54) is 5.56 Å². The number of benzene rings is 1. The summed E-state index contributed by atoms with van der Waals surface area (Å²) in [6.45, 7) is 4.92. The van der Waals surface area contributed by atoms with Gasteiger partial charge in [-0.15, -0.1) is 0 Å². The largest absolute Gasteiger partial charge is 0.336 e. The lowest BCUT2D eigenvalue weighted by Crippen LogP contribution is -2.26. The Morgan fingerprint density at radius 1 is 1.19 bits per heavy atom. The average molecular weight is 347 g/mol. The molecule has 0 spiro atoms. The van der Waals surface area contributed by atoms with Crippen LogP contribution in [0.2, 0.25) is 0 Å². The van der Waals surface area contributed by atoms with Gasteiger partial charge in [0, 0.05) is 24.3 Å². The second kappa shape index (κ2) is 6.85. The highest BCUT2D eigenvalue weighted by Crippen LogP contribution is 2.16. The van der Waals surface area contributed by atoms with Crippen molar-refractivity contribution in [1.82, 2.24) is 9.88 Å². The molecular formula is C17H19BrN2O. The summed E-state index contributed by atoms with van der Waals surface area (Å²) in [5, 5.41) is 0. The molecular weight excluding hydrogens is 328 g/mol. The molecule has 0 atom stereocenters. The summed E-state index contributed by atoms with van der Waals surface area (Å²) >= 11 is 3.32. The molecule has 1 amide bonds. The van der Waals surface area contributed by atoms with E-state index in [-0.39, 0.29) is 5.91 Å². The van der Waals surface area contributed by atoms with Gasteiger partial charge < -0.3 is 4.90 Å².